The van der Waals surface area contributed by atoms with Crippen molar-refractivity contribution in [1.82, 2.24) is 4.98 Å². The zero-order valence-electron chi connectivity index (χ0n) is 7.88. The SMILES string of the molecule is COc1c[nH]c(=O)c(CC#N)c1C(F)F. The van der Waals surface area contributed by atoms with Crippen LogP contribution in [-0.2, 0) is 6.42 Å². The van der Waals surface area contributed by atoms with Crippen LogP contribution in [0.1, 0.15) is 17.6 Å². The lowest BCUT2D eigenvalue weighted by atomic mass is 10.1. The number of methoxy groups -OCH3 is 1. The molecule has 1 rings (SSSR count). The Morgan fingerprint density at radius 3 is 2.80 bits per heavy atom. The van der Waals surface area contributed by atoms with Crippen LogP contribution >= 0.6 is 0 Å². The molecule has 0 fully saturated rings. The molecule has 0 saturated heterocycles. The Balaban J connectivity index is 3.45. The second-order valence-electron chi connectivity index (χ2n) is 2.71. The lowest BCUT2D eigenvalue weighted by Gasteiger charge is -2.09. The van der Waals surface area contributed by atoms with Crippen molar-refractivity contribution in [3.63, 3.8) is 0 Å². The molecule has 0 aliphatic rings. The normalized spacial score (nSPS) is 10.1. The smallest absolute Gasteiger partial charge is 0.267 e. The van der Waals surface area contributed by atoms with Crippen LogP contribution in [0.5, 0.6) is 5.75 Å². The summed E-state index contributed by atoms with van der Waals surface area (Å²) in [6.07, 6.45) is -2.15. The summed E-state index contributed by atoms with van der Waals surface area (Å²) in [6.45, 7) is 0. The summed E-state index contributed by atoms with van der Waals surface area (Å²) in [6, 6.07) is 1.66. The maximum Gasteiger partial charge on any atom is 0.267 e. The Hall–Kier alpha value is -1.90. The van der Waals surface area contributed by atoms with Crippen LogP contribution in [0.25, 0.3) is 0 Å². The molecule has 0 amide bonds. The van der Waals surface area contributed by atoms with Crippen molar-refractivity contribution in [2.45, 2.75) is 12.8 Å². The first kappa shape index (κ1) is 11.2. The van der Waals surface area contributed by atoms with Gasteiger partial charge in [0.05, 0.1) is 25.2 Å². The number of aromatic nitrogens is 1. The average molecular weight is 214 g/mol. The topological polar surface area (TPSA) is 65.9 Å². The van der Waals surface area contributed by atoms with Crippen LogP contribution in [0.3, 0.4) is 0 Å². The lowest BCUT2D eigenvalue weighted by molar-refractivity contribution is 0.145. The molecule has 1 aromatic rings. The molecule has 0 bridgehead atoms. The Labute approximate surface area is 84.1 Å². The number of nitrogens with zero attached hydrogens (tertiary/aromatic N) is 1. The second kappa shape index (κ2) is 4.55. The highest BCUT2D eigenvalue weighted by atomic mass is 19.3. The van der Waals surface area contributed by atoms with Crippen molar-refractivity contribution in [2.75, 3.05) is 7.11 Å². The third kappa shape index (κ3) is 2.13. The van der Waals surface area contributed by atoms with E-state index in [0.717, 1.165) is 6.20 Å². The van der Waals surface area contributed by atoms with Crippen LogP contribution in [0.15, 0.2) is 11.0 Å². The molecule has 0 aliphatic heterocycles. The molecule has 1 heterocycles. The van der Waals surface area contributed by atoms with Crippen molar-refractivity contribution in [3.8, 4) is 11.8 Å². The number of nitrogens with one attached hydrogen (secondary N) is 1. The number of alkyl halides is 2. The van der Waals surface area contributed by atoms with Crippen molar-refractivity contribution in [1.29, 1.82) is 5.26 Å². The Bertz CT molecular complexity index is 448. The summed E-state index contributed by atoms with van der Waals surface area (Å²) in [4.78, 5) is 13.4. The monoisotopic (exact) mass is 214 g/mol. The fourth-order valence-corrected chi connectivity index (χ4v) is 1.23. The molecule has 0 radical (unpaired) electrons. The summed E-state index contributed by atoms with van der Waals surface area (Å²) >= 11 is 0. The molecule has 0 atom stereocenters. The van der Waals surface area contributed by atoms with Gasteiger partial charge in [0.1, 0.15) is 5.75 Å². The summed E-state index contributed by atoms with van der Waals surface area (Å²) in [5, 5.41) is 8.43. The maximum absolute atomic E-state index is 12.6. The van der Waals surface area contributed by atoms with Gasteiger partial charge in [-0.3, -0.25) is 4.79 Å². The lowest BCUT2D eigenvalue weighted by Crippen LogP contribution is -2.16. The van der Waals surface area contributed by atoms with Crippen LogP contribution in [0, 0.1) is 11.3 Å². The van der Waals surface area contributed by atoms with Gasteiger partial charge in [-0.1, -0.05) is 0 Å². The second-order valence-corrected chi connectivity index (χ2v) is 2.71. The zero-order chi connectivity index (χ0) is 11.4. The van der Waals surface area contributed by atoms with Gasteiger partial charge < -0.3 is 9.72 Å². The van der Waals surface area contributed by atoms with E-state index in [1.165, 1.54) is 7.11 Å². The van der Waals surface area contributed by atoms with Gasteiger partial charge in [-0.25, -0.2) is 8.78 Å². The van der Waals surface area contributed by atoms with E-state index in [1.807, 2.05) is 0 Å². The van der Waals surface area contributed by atoms with Crippen molar-refractivity contribution < 1.29 is 13.5 Å². The highest BCUT2D eigenvalue weighted by Gasteiger charge is 2.21. The van der Waals surface area contributed by atoms with Crippen molar-refractivity contribution in [2.24, 2.45) is 0 Å². The van der Waals surface area contributed by atoms with Gasteiger partial charge in [0.25, 0.3) is 12.0 Å². The van der Waals surface area contributed by atoms with E-state index in [0.29, 0.717) is 0 Å². The van der Waals surface area contributed by atoms with E-state index < -0.39 is 17.5 Å². The Morgan fingerprint density at radius 1 is 1.67 bits per heavy atom. The zero-order valence-corrected chi connectivity index (χ0v) is 7.88. The standard InChI is InChI=1S/C9H8F2N2O2/c1-15-6-4-13-9(14)5(2-3-12)7(6)8(10)11/h4,8H,2H2,1H3,(H,13,14). The maximum atomic E-state index is 12.6. The molecular formula is C9H8F2N2O2. The quantitative estimate of drug-likeness (QED) is 0.826. The van der Waals surface area contributed by atoms with Crippen molar-refractivity contribution >= 4 is 0 Å². The highest BCUT2D eigenvalue weighted by Crippen LogP contribution is 2.29. The minimum atomic E-state index is -2.84. The number of halogens is 2. The molecule has 6 heteroatoms. The van der Waals surface area contributed by atoms with Gasteiger partial charge in [-0.05, 0) is 0 Å². The minimum Gasteiger partial charge on any atom is -0.495 e. The molecule has 4 nitrogen and oxygen atoms in total. The minimum absolute atomic E-state index is 0.116. The van der Waals surface area contributed by atoms with Gasteiger partial charge >= 0.3 is 0 Å². The summed E-state index contributed by atoms with van der Waals surface area (Å²) in [5.41, 5.74) is -1.44. The summed E-state index contributed by atoms with van der Waals surface area (Å²) < 4.78 is 30.0. The molecule has 80 valence electrons. The number of hydrogen-bond acceptors (Lipinski definition) is 3. The number of pyridine rings is 1. The fourth-order valence-electron chi connectivity index (χ4n) is 1.23. The molecular weight excluding hydrogens is 206 g/mol. The Kier molecular flexibility index (Phi) is 3.39. The fraction of sp³-hybridized carbons (Fsp3) is 0.333. The summed E-state index contributed by atoms with van der Waals surface area (Å²) in [7, 11) is 1.22. The molecule has 0 saturated carbocycles. The average Bonchev–Trinajstić information content (AvgIpc) is 2.20. The van der Waals surface area contributed by atoms with Gasteiger partial charge in [0.15, 0.2) is 0 Å². The van der Waals surface area contributed by atoms with E-state index in [9.17, 15) is 13.6 Å². The number of H-pyrrole nitrogens is 1. The van der Waals surface area contributed by atoms with Crippen LogP contribution in [-0.4, -0.2) is 12.1 Å². The molecule has 0 aromatic carbocycles. The number of hydrogen-bond donors (Lipinski definition) is 1. The first-order valence-corrected chi connectivity index (χ1v) is 4.05. The molecule has 1 N–H and O–H groups in total. The predicted molar refractivity (Wildman–Crippen MR) is 47.9 cm³/mol. The van der Waals surface area contributed by atoms with Crippen molar-refractivity contribution in [3.05, 3.63) is 27.7 Å². The molecule has 0 unspecified atom stereocenters. The molecule has 0 aliphatic carbocycles. The van der Waals surface area contributed by atoms with E-state index in [2.05, 4.69) is 9.72 Å². The highest BCUT2D eigenvalue weighted by molar-refractivity contribution is 5.39. The predicted octanol–water partition coefficient (Wildman–Crippen LogP) is 1.39. The molecule has 1 aromatic heterocycles. The third-order valence-electron chi connectivity index (χ3n) is 1.89. The van der Waals surface area contributed by atoms with E-state index in [1.54, 1.807) is 6.07 Å². The summed E-state index contributed by atoms with van der Waals surface area (Å²) in [5.74, 6) is -0.116. The van der Waals surface area contributed by atoms with E-state index in [4.69, 9.17) is 5.26 Å². The first-order valence-electron chi connectivity index (χ1n) is 4.05. The van der Waals surface area contributed by atoms with E-state index in [-0.39, 0.29) is 17.7 Å². The van der Waals surface area contributed by atoms with Gasteiger partial charge in [0, 0.05) is 11.8 Å². The van der Waals surface area contributed by atoms with Crippen LogP contribution in [0.4, 0.5) is 8.78 Å². The molecule has 0 spiro atoms. The van der Waals surface area contributed by atoms with Crippen LogP contribution in [0.2, 0.25) is 0 Å². The number of rotatable bonds is 3. The largest absolute Gasteiger partial charge is 0.495 e. The third-order valence-corrected chi connectivity index (χ3v) is 1.89. The van der Waals surface area contributed by atoms with Gasteiger partial charge in [-0.15, -0.1) is 0 Å². The number of nitriles is 1. The van der Waals surface area contributed by atoms with Gasteiger partial charge in [0.2, 0.25) is 0 Å². The number of ether oxygens (including phenoxy) is 1. The van der Waals surface area contributed by atoms with Gasteiger partial charge in [-0.2, -0.15) is 5.26 Å². The van der Waals surface area contributed by atoms with E-state index >= 15 is 0 Å². The Morgan fingerprint density at radius 2 is 2.33 bits per heavy atom. The molecule has 15 heavy (non-hydrogen) atoms. The first-order chi connectivity index (χ1) is 7.11. The number of aromatic amines is 1. The van der Waals surface area contributed by atoms with Crippen LogP contribution < -0.4 is 10.3 Å².